The second-order valence-corrected chi connectivity index (χ2v) is 7.99. The summed E-state index contributed by atoms with van der Waals surface area (Å²) in [6.07, 6.45) is 1.74. The third-order valence-corrected chi connectivity index (χ3v) is 4.37. The van der Waals surface area contributed by atoms with Gasteiger partial charge < -0.3 is 5.32 Å². The van der Waals surface area contributed by atoms with Crippen molar-refractivity contribution in [3.05, 3.63) is 29.6 Å². The molecule has 1 N–H and O–H groups in total. The molecule has 0 aliphatic heterocycles. The number of amides is 1. The lowest BCUT2D eigenvalue weighted by Gasteiger charge is -2.15. The Labute approximate surface area is 129 Å². The van der Waals surface area contributed by atoms with Gasteiger partial charge in [0.15, 0.2) is 0 Å². The van der Waals surface area contributed by atoms with Gasteiger partial charge in [0.05, 0.1) is 10.5 Å². The normalized spacial score (nSPS) is 13.2. The van der Waals surface area contributed by atoms with Crippen molar-refractivity contribution in [1.82, 2.24) is 5.32 Å². The summed E-state index contributed by atoms with van der Waals surface area (Å²) in [5.41, 5.74) is -0.199. The Morgan fingerprint density at radius 2 is 1.90 bits per heavy atom. The quantitative estimate of drug-likeness (QED) is 0.811. The molecule has 1 amide bonds. The maximum atomic E-state index is 13.8. The summed E-state index contributed by atoms with van der Waals surface area (Å²) in [6.45, 7) is 6.01. The van der Waals surface area contributed by atoms with Gasteiger partial charge in [-0.3, -0.25) is 4.79 Å². The topological polar surface area (TPSA) is 63.2 Å². The molecule has 0 saturated carbocycles. The molecule has 0 spiro atoms. The van der Waals surface area contributed by atoms with Crippen LogP contribution in [0.4, 0.5) is 4.39 Å². The molecular weight excluding hydrogens is 317 g/mol. The van der Waals surface area contributed by atoms with Crippen LogP contribution >= 0.6 is 10.7 Å². The van der Waals surface area contributed by atoms with Gasteiger partial charge in [-0.05, 0) is 43.9 Å². The first-order valence-corrected chi connectivity index (χ1v) is 8.97. The van der Waals surface area contributed by atoms with Crippen LogP contribution in [0, 0.1) is 11.7 Å². The number of carbonyl (C=O) groups is 1. The molecule has 118 valence electrons. The first kappa shape index (κ1) is 17.9. The van der Waals surface area contributed by atoms with Crippen LogP contribution in [0.3, 0.4) is 0 Å². The Kier molecular flexibility index (Phi) is 6.16. The molecule has 0 aliphatic rings. The van der Waals surface area contributed by atoms with Crippen LogP contribution in [0.2, 0.25) is 0 Å². The van der Waals surface area contributed by atoms with Gasteiger partial charge in [0.25, 0.3) is 15.0 Å². The smallest absolute Gasteiger partial charge is 0.261 e. The highest BCUT2D eigenvalue weighted by molar-refractivity contribution is 8.13. The number of carbonyl (C=O) groups excluding carboxylic acids is 1. The zero-order valence-corrected chi connectivity index (χ0v) is 13.8. The minimum absolute atomic E-state index is 0.0873. The van der Waals surface area contributed by atoms with E-state index in [1.807, 2.05) is 6.92 Å². The van der Waals surface area contributed by atoms with Crippen LogP contribution in [0.1, 0.15) is 44.0 Å². The zero-order valence-electron chi connectivity index (χ0n) is 12.2. The van der Waals surface area contributed by atoms with Crippen LogP contribution in [0.15, 0.2) is 23.1 Å². The summed E-state index contributed by atoms with van der Waals surface area (Å²) < 4.78 is 36.0. The number of halogens is 2. The van der Waals surface area contributed by atoms with Crippen molar-refractivity contribution in [2.24, 2.45) is 5.92 Å². The summed E-state index contributed by atoms with van der Waals surface area (Å²) >= 11 is 0. The van der Waals surface area contributed by atoms with Crippen molar-refractivity contribution in [3.8, 4) is 0 Å². The highest BCUT2D eigenvalue weighted by Gasteiger charge is 2.18. The first-order chi connectivity index (χ1) is 9.61. The molecule has 1 aromatic rings. The molecule has 7 heteroatoms. The average molecular weight is 336 g/mol. The molecule has 1 unspecified atom stereocenters. The van der Waals surface area contributed by atoms with Crippen molar-refractivity contribution in [1.29, 1.82) is 0 Å². The fourth-order valence-electron chi connectivity index (χ4n) is 1.79. The molecule has 1 atom stereocenters. The lowest BCUT2D eigenvalue weighted by molar-refractivity contribution is 0.0933. The predicted octanol–water partition coefficient (Wildman–Crippen LogP) is 3.31. The van der Waals surface area contributed by atoms with Gasteiger partial charge in [-0.2, -0.15) is 0 Å². The van der Waals surface area contributed by atoms with Crippen molar-refractivity contribution >= 4 is 25.6 Å². The lowest BCUT2D eigenvalue weighted by atomic mass is 10.0. The number of benzene rings is 1. The van der Waals surface area contributed by atoms with Crippen LogP contribution in [-0.4, -0.2) is 20.4 Å². The highest BCUT2D eigenvalue weighted by atomic mass is 35.7. The van der Waals surface area contributed by atoms with Crippen LogP contribution < -0.4 is 5.32 Å². The number of rotatable bonds is 6. The maximum Gasteiger partial charge on any atom is 0.261 e. The Bertz CT molecular complexity index is 617. The Morgan fingerprint density at radius 3 is 2.38 bits per heavy atom. The van der Waals surface area contributed by atoms with E-state index in [1.54, 1.807) is 0 Å². The van der Waals surface area contributed by atoms with Gasteiger partial charge in [0.2, 0.25) is 0 Å². The largest absolute Gasteiger partial charge is 0.349 e. The SMILES string of the molecule is CC(C)CCC(C)NC(=O)c1ccc(S(=O)(=O)Cl)cc1F. The average Bonchev–Trinajstić information content (AvgIpc) is 2.34. The van der Waals surface area contributed by atoms with Crippen molar-refractivity contribution in [3.63, 3.8) is 0 Å². The van der Waals surface area contributed by atoms with Crippen molar-refractivity contribution < 1.29 is 17.6 Å². The summed E-state index contributed by atoms with van der Waals surface area (Å²) in [7, 11) is 1.11. The molecule has 0 radical (unpaired) electrons. The van der Waals surface area contributed by atoms with E-state index >= 15 is 0 Å². The minimum Gasteiger partial charge on any atom is -0.349 e. The van der Waals surface area contributed by atoms with E-state index in [-0.39, 0.29) is 16.5 Å². The minimum atomic E-state index is -4.01. The van der Waals surface area contributed by atoms with Gasteiger partial charge in [-0.25, -0.2) is 12.8 Å². The summed E-state index contributed by atoms with van der Waals surface area (Å²) in [6, 6.07) is 2.89. The predicted molar refractivity (Wildman–Crippen MR) is 80.4 cm³/mol. The van der Waals surface area contributed by atoms with E-state index in [2.05, 4.69) is 19.2 Å². The second kappa shape index (κ2) is 7.22. The van der Waals surface area contributed by atoms with Gasteiger partial charge >= 0.3 is 0 Å². The van der Waals surface area contributed by atoms with E-state index in [0.29, 0.717) is 5.92 Å². The number of nitrogens with one attached hydrogen (secondary N) is 1. The van der Waals surface area contributed by atoms with E-state index < -0.39 is 20.8 Å². The van der Waals surface area contributed by atoms with E-state index in [0.717, 1.165) is 31.0 Å². The van der Waals surface area contributed by atoms with Gasteiger partial charge in [-0.1, -0.05) is 13.8 Å². The van der Waals surface area contributed by atoms with Gasteiger partial charge in [-0.15, -0.1) is 0 Å². The zero-order chi connectivity index (χ0) is 16.2. The molecule has 0 aromatic heterocycles. The summed E-state index contributed by atoms with van der Waals surface area (Å²) in [4.78, 5) is 11.6. The fraction of sp³-hybridized carbons (Fsp3) is 0.500. The standard InChI is InChI=1S/C14H19ClFNO3S/c1-9(2)4-5-10(3)17-14(18)12-7-6-11(8-13(12)16)21(15,19)20/h6-10H,4-5H2,1-3H3,(H,17,18). The molecule has 0 aliphatic carbocycles. The van der Waals surface area contributed by atoms with Crippen molar-refractivity contribution in [2.45, 2.75) is 44.6 Å². The van der Waals surface area contributed by atoms with Gasteiger partial charge in [0.1, 0.15) is 5.82 Å². The van der Waals surface area contributed by atoms with E-state index in [4.69, 9.17) is 10.7 Å². The summed E-state index contributed by atoms with van der Waals surface area (Å²) in [5, 5.41) is 2.69. The molecular formula is C14H19ClFNO3S. The molecule has 4 nitrogen and oxygen atoms in total. The third-order valence-electron chi connectivity index (χ3n) is 3.02. The summed E-state index contributed by atoms with van der Waals surface area (Å²) in [5.74, 6) is -0.957. The molecule has 0 fully saturated rings. The van der Waals surface area contributed by atoms with Crippen molar-refractivity contribution in [2.75, 3.05) is 0 Å². The highest BCUT2D eigenvalue weighted by Crippen LogP contribution is 2.18. The van der Waals surface area contributed by atoms with Gasteiger partial charge in [0, 0.05) is 16.7 Å². The molecule has 0 saturated heterocycles. The number of hydrogen-bond donors (Lipinski definition) is 1. The van der Waals surface area contributed by atoms with Crippen LogP contribution in [-0.2, 0) is 9.05 Å². The monoisotopic (exact) mass is 335 g/mol. The van der Waals surface area contributed by atoms with E-state index in [1.165, 1.54) is 0 Å². The molecule has 1 rings (SSSR count). The fourth-order valence-corrected chi connectivity index (χ4v) is 2.55. The third kappa shape index (κ3) is 5.63. The lowest BCUT2D eigenvalue weighted by Crippen LogP contribution is -2.33. The Balaban J connectivity index is 2.80. The van der Waals surface area contributed by atoms with Crippen LogP contribution in [0.25, 0.3) is 0 Å². The second-order valence-electron chi connectivity index (χ2n) is 5.43. The molecule has 21 heavy (non-hydrogen) atoms. The molecule has 0 bridgehead atoms. The first-order valence-electron chi connectivity index (χ1n) is 6.66. The number of hydrogen-bond acceptors (Lipinski definition) is 3. The maximum absolute atomic E-state index is 13.8. The molecule has 0 heterocycles. The van der Waals surface area contributed by atoms with E-state index in [9.17, 15) is 17.6 Å². The Hall–Kier alpha value is -1.14. The molecule has 1 aromatic carbocycles. The van der Waals surface area contributed by atoms with Crippen LogP contribution in [0.5, 0.6) is 0 Å². The Morgan fingerprint density at radius 1 is 1.29 bits per heavy atom.